The van der Waals surface area contributed by atoms with Gasteiger partial charge in [0.1, 0.15) is 5.82 Å². The van der Waals surface area contributed by atoms with Crippen LogP contribution in [0.1, 0.15) is 15.9 Å². The molecule has 0 bridgehead atoms. The second-order valence-corrected chi connectivity index (χ2v) is 3.54. The molecule has 80 valence electrons. The van der Waals surface area contributed by atoms with Gasteiger partial charge < -0.3 is 0 Å². The second kappa shape index (κ2) is 4.23. The zero-order valence-electron chi connectivity index (χ0n) is 8.77. The number of benzene rings is 1. The van der Waals surface area contributed by atoms with Crippen LogP contribution in [0.15, 0.2) is 36.7 Å². The Labute approximate surface area is 92.8 Å². The highest BCUT2D eigenvalue weighted by atomic mass is 19.1. The lowest BCUT2D eigenvalue weighted by molar-refractivity contribution is 0.112. The van der Waals surface area contributed by atoms with Gasteiger partial charge in [-0.25, -0.2) is 4.39 Å². The van der Waals surface area contributed by atoms with Crippen LogP contribution in [0.3, 0.4) is 0 Å². The summed E-state index contributed by atoms with van der Waals surface area (Å²) < 4.78 is 13.0. The van der Waals surface area contributed by atoms with Crippen LogP contribution in [-0.4, -0.2) is 11.3 Å². The monoisotopic (exact) mass is 215 g/mol. The average Bonchev–Trinajstić information content (AvgIpc) is 2.30. The predicted octanol–water partition coefficient (Wildman–Crippen LogP) is 3.01. The zero-order chi connectivity index (χ0) is 11.5. The van der Waals surface area contributed by atoms with E-state index in [0.717, 1.165) is 16.7 Å². The lowest BCUT2D eigenvalue weighted by Crippen LogP contribution is -1.92. The van der Waals surface area contributed by atoms with E-state index in [-0.39, 0.29) is 0 Å². The van der Waals surface area contributed by atoms with Gasteiger partial charge in [0.15, 0.2) is 6.29 Å². The summed E-state index contributed by atoms with van der Waals surface area (Å²) >= 11 is 0. The Morgan fingerprint density at radius 1 is 1.25 bits per heavy atom. The van der Waals surface area contributed by atoms with Crippen LogP contribution in [-0.2, 0) is 0 Å². The van der Waals surface area contributed by atoms with Crippen LogP contribution in [0.5, 0.6) is 0 Å². The number of rotatable bonds is 2. The van der Waals surface area contributed by atoms with Crippen molar-refractivity contribution in [3.05, 3.63) is 53.6 Å². The maximum atomic E-state index is 13.0. The molecule has 2 nitrogen and oxygen atoms in total. The Bertz CT molecular complexity index is 537. The molecule has 0 N–H and O–H groups in total. The fourth-order valence-corrected chi connectivity index (χ4v) is 1.65. The number of aromatic nitrogens is 1. The van der Waals surface area contributed by atoms with E-state index in [4.69, 9.17) is 0 Å². The van der Waals surface area contributed by atoms with Crippen LogP contribution in [0, 0.1) is 12.7 Å². The van der Waals surface area contributed by atoms with Gasteiger partial charge >= 0.3 is 0 Å². The summed E-state index contributed by atoms with van der Waals surface area (Å²) in [6.45, 7) is 1.90. The summed E-state index contributed by atoms with van der Waals surface area (Å²) in [5.41, 5.74) is 2.94. The van der Waals surface area contributed by atoms with Crippen molar-refractivity contribution in [2.24, 2.45) is 0 Å². The number of halogens is 1. The van der Waals surface area contributed by atoms with Gasteiger partial charge in [0.25, 0.3) is 0 Å². The largest absolute Gasteiger partial charge is 0.298 e. The summed E-state index contributed by atoms with van der Waals surface area (Å²) in [7, 11) is 0. The molecule has 0 amide bonds. The molecule has 16 heavy (non-hydrogen) atoms. The summed E-state index contributed by atoms with van der Waals surface area (Å²) in [6, 6.07) is 6.02. The molecule has 1 aromatic carbocycles. The van der Waals surface area contributed by atoms with E-state index in [1.165, 1.54) is 12.1 Å². The molecule has 0 fully saturated rings. The molecule has 0 atom stereocenters. The number of aryl methyl sites for hydroxylation is 1. The van der Waals surface area contributed by atoms with Gasteiger partial charge in [-0.15, -0.1) is 0 Å². The summed E-state index contributed by atoms with van der Waals surface area (Å²) in [4.78, 5) is 14.9. The molecule has 0 radical (unpaired) electrons. The number of aldehydes is 1. The van der Waals surface area contributed by atoms with Crippen molar-refractivity contribution in [3.63, 3.8) is 0 Å². The first-order valence-electron chi connectivity index (χ1n) is 4.88. The predicted molar refractivity (Wildman–Crippen MR) is 59.8 cm³/mol. The highest BCUT2D eigenvalue weighted by Gasteiger charge is 2.07. The van der Waals surface area contributed by atoms with Gasteiger partial charge in [-0.05, 0) is 41.8 Å². The van der Waals surface area contributed by atoms with Gasteiger partial charge in [0.2, 0.25) is 0 Å². The molecule has 0 aliphatic rings. The van der Waals surface area contributed by atoms with Crippen LogP contribution in [0.2, 0.25) is 0 Å². The quantitative estimate of drug-likeness (QED) is 0.721. The molecule has 0 saturated heterocycles. The standard InChI is InChI=1S/C13H10FNO/c1-9-7-15-5-4-12(9)13-3-2-11(14)6-10(13)8-16/h2-8H,1H3. The van der Waals surface area contributed by atoms with Gasteiger partial charge in [0, 0.05) is 18.0 Å². The van der Waals surface area contributed by atoms with Crippen LogP contribution in [0.4, 0.5) is 4.39 Å². The topological polar surface area (TPSA) is 30.0 Å². The van der Waals surface area contributed by atoms with Crippen molar-refractivity contribution in [2.45, 2.75) is 6.92 Å². The molecule has 0 spiro atoms. The zero-order valence-corrected chi connectivity index (χ0v) is 8.77. The summed E-state index contributed by atoms with van der Waals surface area (Å²) in [5.74, 6) is -0.405. The first-order chi connectivity index (χ1) is 7.72. The van der Waals surface area contributed by atoms with Crippen molar-refractivity contribution < 1.29 is 9.18 Å². The first kappa shape index (κ1) is 10.5. The molecule has 0 aliphatic carbocycles. The van der Waals surface area contributed by atoms with E-state index in [0.29, 0.717) is 11.8 Å². The summed E-state index contributed by atoms with van der Waals surface area (Å²) in [6.07, 6.45) is 4.03. The smallest absolute Gasteiger partial charge is 0.150 e. The van der Waals surface area contributed by atoms with Crippen molar-refractivity contribution in [2.75, 3.05) is 0 Å². The van der Waals surface area contributed by atoms with Crippen molar-refractivity contribution in [1.29, 1.82) is 0 Å². The first-order valence-corrected chi connectivity index (χ1v) is 4.88. The van der Waals surface area contributed by atoms with Crippen LogP contribution < -0.4 is 0 Å². The Hall–Kier alpha value is -2.03. The number of hydrogen-bond donors (Lipinski definition) is 0. The highest BCUT2D eigenvalue weighted by Crippen LogP contribution is 2.25. The molecule has 3 heteroatoms. The third-order valence-corrected chi connectivity index (χ3v) is 2.45. The van der Waals surface area contributed by atoms with Crippen molar-refractivity contribution >= 4 is 6.29 Å². The van der Waals surface area contributed by atoms with E-state index >= 15 is 0 Å². The van der Waals surface area contributed by atoms with Crippen molar-refractivity contribution in [1.82, 2.24) is 4.98 Å². The van der Waals surface area contributed by atoms with Gasteiger partial charge in [-0.3, -0.25) is 9.78 Å². The van der Waals surface area contributed by atoms with Crippen LogP contribution in [0.25, 0.3) is 11.1 Å². The Morgan fingerprint density at radius 3 is 2.75 bits per heavy atom. The highest BCUT2D eigenvalue weighted by molar-refractivity contribution is 5.88. The molecular weight excluding hydrogens is 205 g/mol. The maximum Gasteiger partial charge on any atom is 0.150 e. The molecule has 1 aromatic heterocycles. The van der Waals surface area contributed by atoms with E-state index in [1.54, 1.807) is 18.5 Å². The molecule has 2 aromatic rings. The molecular formula is C13H10FNO. The number of carbonyl (C=O) groups is 1. The molecule has 0 unspecified atom stereocenters. The van der Waals surface area contributed by atoms with E-state index < -0.39 is 5.82 Å². The maximum absolute atomic E-state index is 13.0. The SMILES string of the molecule is Cc1cnccc1-c1ccc(F)cc1C=O. The van der Waals surface area contributed by atoms with Crippen molar-refractivity contribution in [3.8, 4) is 11.1 Å². The number of nitrogens with zero attached hydrogens (tertiary/aromatic N) is 1. The third kappa shape index (κ3) is 1.84. The minimum absolute atomic E-state index is 0.356. The fraction of sp³-hybridized carbons (Fsp3) is 0.0769. The fourth-order valence-electron chi connectivity index (χ4n) is 1.65. The van der Waals surface area contributed by atoms with Gasteiger partial charge in [0.05, 0.1) is 0 Å². The molecule has 1 heterocycles. The lowest BCUT2D eigenvalue weighted by atomic mass is 9.98. The number of carbonyl (C=O) groups excluding carboxylic acids is 1. The number of pyridine rings is 1. The van der Waals surface area contributed by atoms with E-state index in [9.17, 15) is 9.18 Å². The third-order valence-electron chi connectivity index (χ3n) is 2.45. The number of hydrogen-bond acceptors (Lipinski definition) is 2. The molecule has 0 aliphatic heterocycles. The van der Waals surface area contributed by atoms with Gasteiger partial charge in [-0.1, -0.05) is 6.07 Å². The van der Waals surface area contributed by atoms with Crippen LogP contribution >= 0.6 is 0 Å². The lowest BCUT2D eigenvalue weighted by Gasteiger charge is -2.07. The normalized spacial score (nSPS) is 10.1. The average molecular weight is 215 g/mol. The Morgan fingerprint density at radius 2 is 2.06 bits per heavy atom. The van der Waals surface area contributed by atoms with Gasteiger partial charge in [-0.2, -0.15) is 0 Å². The Kier molecular flexibility index (Phi) is 2.77. The second-order valence-electron chi connectivity index (χ2n) is 3.54. The molecule has 2 rings (SSSR count). The Balaban J connectivity index is 2.65. The van der Waals surface area contributed by atoms with E-state index in [2.05, 4.69) is 4.98 Å². The minimum atomic E-state index is -0.405. The van der Waals surface area contributed by atoms with E-state index in [1.807, 2.05) is 13.0 Å². The molecule has 0 saturated carbocycles. The summed E-state index contributed by atoms with van der Waals surface area (Å²) in [5, 5.41) is 0. The minimum Gasteiger partial charge on any atom is -0.298 e.